The summed E-state index contributed by atoms with van der Waals surface area (Å²) in [6.07, 6.45) is 0. The highest BCUT2D eigenvalue weighted by molar-refractivity contribution is 8.03. The summed E-state index contributed by atoms with van der Waals surface area (Å²) in [6.45, 7) is 0. The van der Waals surface area contributed by atoms with Gasteiger partial charge in [-0.05, 0) is 42.0 Å². The number of nitriles is 1. The third-order valence-electron chi connectivity index (χ3n) is 4.93. The highest BCUT2D eigenvalue weighted by atomic mass is 35.5. The lowest BCUT2D eigenvalue weighted by molar-refractivity contribution is -0.150. The van der Waals surface area contributed by atoms with Crippen LogP contribution in [0, 0.1) is 17.2 Å². The highest BCUT2D eigenvalue weighted by Crippen LogP contribution is 2.40. The van der Waals surface area contributed by atoms with Gasteiger partial charge in [-0.25, -0.2) is 0 Å². The number of thioether (sulfide) groups is 1. The molecule has 10 heteroatoms. The molecule has 1 aliphatic rings. The van der Waals surface area contributed by atoms with Crippen molar-refractivity contribution < 1.29 is 23.9 Å². The van der Waals surface area contributed by atoms with Crippen LogP contribution in [0.1, 0.15) is 11.5 Å². The third-order valence-corrected chi connectivity index (χ3v) is 6.20. The molecule has 0 saturated carbocycles. The number of amides is 2. The number of hydrogen-bond donors (Lipinski definition) is 2. The van der Waals surface area contributed by atoms with E-state index in [0.717, 1.165) is 11.8 Å². The van der Waals surface area contributed by atoms with Crippen LogP contribution >= 0.6 is 23.4 Å². The van der Waals surface area contributed by atoms with E-state index in [-0.39, 0.29) is 22.3 Å². The van der Waals surface area contributed by atoms with Gasteiger partial charge in [-0.2, -0.15) is 5.26 Å². The molecule has 0 unspecified atom stereocenters. The molecule has 33 heavy (non-hydrogen) atoms. The summed E-state index contributed by atoms with van der Waals surface area (Å²) in [5, 5.41) is 16.0. The van der Waals surface area contributed by atoms with Crippen LogP contribution in [0.15, 0.2) is 59.1 Å². The molecule has 8 nitrogen and oxygen atoms in total. The first-order valence-electron chi connectivity index (χ1n) is 9.73. The number of benzene rings is 2. The Labute approximate surface area is 199 Å². The zero-order valence-electron chi connectivity index (χ0n) is 17.8. The van der Waals surface area contributed by atoms with Crippen LogP contribution in [-0.2, 0) is 19.1 Å². The van der Waals surface area contributed by atoms with Crippen molar-refractivity contribution in [1.82, 2.24) is 5.32 Å². The van der Waals surface area contributed by atoms with E-state index >= 15 is 0 Å². The number of nitrogens with one attached hydrogen (secondary N) is 2. The fraction of sp³-hybridized carbons (Fsp3) is 0.217. The largest absolute Gasteiger partial charge is 0.497 e. The van der Waals surface area contributed by atoms with Crippen LogP contribution in [0.4, 0.5) is 5.69 Å². The molecule has 0 aliphatic carbocycles. The molecule has 0 bridgehead atoms. The Morgan fingerprint density at radius 2 is 1.82 bits per heavy atom. The summed E-state index contributed by atoms with van der Waals surface area (Å²) >= 11 is 6.85. The Balaban J connectivity index is 1.88. The van der Waals surface area contributed by atoms with Gasteiger partial charge in [-0.3, -0.25) is 14.4 Å². The molecule has 1 aliphatic heterocycles. The van der Waals surface area contributed by atoms with E-state index in [0.29, 0.717) is 22.0 Å². The molecule has 0 radical (unpaired) electrons. The van der Waals surface area contributed by atoms with Gasteiger partial charge < -0.3 is 20.1 Å². The van der Waals surface area contributed by atoms with E-state index in [1.807, 2.05) is 0 Å². The van der Waals surface area contributed by atoms with Gasteiger partial charge in [-0.15, -0.1) is 0 Å². The summed E-state index contributed by atoms with van der Waals surface area (Å²) in [5.41, 5.74) is 1.30. The van der Waals surface area contributed by atoms with Crippen LogP contribution in [-0.4, -0.2) is 37.8 Å². The van der Waals surface area contributed by atoms with Crippen LogP contribution in [0.2, 0.25) is 5.02 Å². The number of nitrogens with zero attached hydrogens (tertiary/aromatic N) is 1. The quantitative estimate of drug-likeness (QED) is 0.455. The number of carbonyl (C=O) groups is 3. The monoisotopic (exact) mass is 485 g/mol. The first-order valence-corrected chi connectivity index (χ1v) is 11.1. The molecular formula is C23H20ClN3O5S. The number of esters is 1. The fourth-order valence-corrected chi connectivity index (χ4v) is 4.33. The smallest absolute Gasteiger partial charge is 0.319 e. The van der Waals surface area contributed by atoms with Crippen molar-refractivity contribution in [3.63, 3.8) is 0 Å². The van der Waals surface area contributed by atoms with Crippen LogP contribution < -0.4 is 15.4 Å². The van der Waals surface area contributed by atoms with Crippen molar-refractivity contribution >= 4 is 46.8 Å². The molecule has 2 aromatic carbocycles. The van der Waals surface area contributed by atoms with Crippen LogP contribution in [0.3, 0.4) is 0 Å². The molecule has 2 N–H and O–H groups in total. The Bertz CT molecular complexity index is 1130. The van der Waals surface area contributed by atoms with E-state index in [2.05, 4.69) is 16.7 Å². The predicted octanol–water partition coefficient (Wildman–Crippen LogP) is 3.46. The number of ether oxygens (including phenoxy) is 2. The lowest BCUT2D eigenvalue weighted by atomic mass is 9.78. The number of allylic oxidation sites excluding steroid dienone is 1. The van der Waals surface area contributed by atoms with Crippen molar-refractivity contribution in [2.75, 3.05) is 25.3 Å². The first-order chi connectivity index (χ1) is 15.9. The zero-order valence-corrected chi connectivity index (χ0v) is 19.3. The van der Waals surface area contributed by atoms with Gasteiger partial charge in [0, 0.05) is 16.6 Å². The van der Waals surface area contributed by atoms with Gasteiger partial charge in [0.15, 0.2) is 0 Å². The molecule has 2 atom stereocenters. The molecule has 1 heterocycles. The van der Waals surface area contributed by atoms with E-state index in [9.17, 15) is 19.6 Å². The summed E-state index contributed by atoms with van der Waals surface area (Å²) in [4.78, 5) is 37.6. The summed E-state index contributed by atoms with van der Waals surface area (Å²) in [7, 11) is 2.70. The lowest BCUT2D eigenvalue weighted by Crippen LogP contribution is -2.44. The molecule has 3 rings (SSSR count). The molecule has 2 amide bonds. The summed E-state index contributed by atoms with van der Waals surface area (Å²) < 4.78 is 9.98. The van der Waals surface area contributed by atoms with Crippen LogP contribution in [0.5, 0.6) is 5.75 Å². The number of carbonyl (C=O) groups excluding carboxylic acids is 3. The Morgan fingerprint density at radius 3 is 2.39 bits per heavy atom. The molecule has 170 valence electrons. The Kier molecular flexibility index (Phi) is 7.98. The Morgan fingerprint density at radius 1 is 1.15 bits per heavy atom. The summed E-state index contributed by atoms with van der Waals surface area (Å²) in [6, 6.07) is 15.4. The average Bonchev–Trinajstić information content (AvgIpc) is 2.83. The molecule has 0 aromatic heterocycles. The standard InChI is InChI=1S/C23H20ClN3O5S/c1-31-16-9-3-13(4-10-16)19-17(11-25)22(27-21(29)20(19)23(30)32-2)33-12-18(28)26-15-7-5-14(24)6-8-15/h3-10,19-20H,12H2,1-2H3,(H,26,28)(H,27,29)/t19-,20+/m1/s1. The number of halogens is 1. The summed E-state index contributed by atoms with van der Waals surface area (Å²) in [5.74, 6) is -3.30. The number of methoxy groups -OCH3 is 2. The normalized spacial score (nSPS) is 17.6. The van der Waals surface area contributed by atoms with Crippen molar-refractivity contribution in [1.29, 1.82) is 5.26 Å². The molecular weight excluding hydrogens is 466 g/mol. The molecule has 0 fully saturated rings. The van der Waals surface area contributed by atoms with Crippen molar-refractivity contribution in [3.8, 4) is 11.8 Å². The second-order valence-electron chi connectivity index (χ2n) is 6.94. The van der Waals surface area contributed by atoms with Gasteiger partial charge >= 0.3 is 5.97 Å². The highest BCUT2D eigenvalue weighted by Gasteiger charge is 2.44. The van der Waals surface area contributed by atoms with Crippen molar-refractivity contribution in [3.05, 3.63) is 69.7 Å². The number of hydrogen-bond acceptors (Lipinski definition) is 7. The zero-order chi connectivity index (χ0) is 24.0. The third kappa shape index (κ3) is 5.66. The topological polar surface area (TPSA) is 118 Å². The van der Waals surface area contributed by atoms with E-state index < -0.39 is 23.7 Å². The lowest BCUT2D eigenvalue weighted by Gasteiger charge is -2.31. The minimum atomic E-state index is -1.25. The second-order valence-corrected chi connectivity index (χ2v) is 8.36. The average molecular weight is 486 g/mol. The fourth-order valence-electron chi connectivity index (χ4n) is 3.36. The number of anilines is 1. The molecule has 0 saturated heterocycles. The van der Waals surface area contributed by atoms with Gasteiger partial charge in [0.1, 0.15) is 11.7 Å². The van der Waals surface area contributed by atoms with Crippen LogP contribution in [0.25, 0.3) is 0 Å². The van der Waals surface area contributed by atoms with Gasteiger partial charge in [-0.1, -0.05) is 35.5 Å². The first kappa shape index (κ1) is 24.2. The molecule has 2 aromatic rings. The predicted molar refractivity (Wildman–Crippen MR) is 125 cm³/mol. The second kappa shape index (κ2) is 10.9. The maximum atomic E-state index is 12.8. The molecule has 0 spiro atoms. The van der Waals surface area contributed by atoms with Gasteiger partial charge in [0.05, 0.1) is 36.6 Å². The Hall–Kier alpha value is -3.48. The van der Waals surface area contributed by atoms with E-state index in [1.165, 1.54) is 14.2 Å². The van der Waals surface area contributed by atoms with Gasteiger partial charge in [0.2, 0.25) is 11.8 Å². The van der Waals surface area contributed by atoms with E-state index in [4.69, 9.17) is 21.1 Å². The number of rotatable bonds is 7. The SMILES string of the molecule is COC(=O)[C@@H]1C(=O)NC(SCC(=O)Nc2ccc(Cl)cc2)=C(C#N)[C@H]1c1ccc(OC)cc1. The van der Waals surface area contributed by atoms with E-state index in [1.54, 1.807) is 48.5 Å². The van der Waals surface area contributed by atoms with Crippen molar-refractivity contribution in [2.24, 2.45) is 5.92 Å². The maximum Gasteiger partial charge on any atom is 0.319 e. The maximum absolute atomic E-state index is 12.8. The van der Waals surface area contributed by atoms with Crippen molar-refractivity contribution in [2.45, 2.75) is 5.92 Å². The minimum Gasteiger partial charge on any atom is -0.497 e. The minimum absolute atomic E-state index is 0.0678. The van der Waals surface area contributed by atoms with Gasteiger partial charge in [0.25, 0.3) is 0 Å².